The molecule has 4 nitrogen and oxygen atoms in total. The lowest BCUT2D eigenvalue weighted by molar-refractivity contribution is 0.103. The van der Waals surface area contributed by atoms with E-state index in [4.69, 9.17) is 5.73 Å². The van der Waals surface area contributed by atoms with E-state index in [2.05, 4.69) is 5.10 Å². The number of halogens is 1. The van der Waals surface area contributed by atoms with E-state index < -0.39 is 5.82 Å². The van der Waals surface area contributed by atoms with Crippen LogP contribution in [0.2, 0.25) is 0 Å². The van der Waals surface area contributed by atoms with Crippen LogP contribution in [-0.4, -0.2) is 15.6 Å². The van der Waals surface area contributed by atoms with E-state index in [0.29, 0.717) is 0 Å². The number of hydrogen-bond acceptors (Lipinski definition) is 3. The van der Waals surface area contributed by atoms with E-state index in [1.807, 2.05) is 0 Å². The molecular formula is C11H10FN3O. The molecule has 1 heterocycles. The number of carbonyl (C=O) groups is 1. The molecule has 0 unspecified atom stereocenters. The first-order valence-electron chi connectivity index (χ1n) is 4.67. The van der Waals surface area contributed by atoms with Crippen molar-refractivity contribution in [3.63, 3.8) is 0 Å². The summed E-state index contributed by atoms with van der Waals surface area (Å²) in [6.07, 6.45) is 1.38. The molecule has 0 aliphatic rings. The number of hydrogen-bond donors (Lipinski definition) is 1. The zero-order valence-corrected chi connectivity index (χ0v) is 8.64. The smallest absolute Gasteiger partial charge is 0.198 e. The molecule has 0 aliphatic carbocycles. The van der Waals surface area contributed by atoms with Gasteiger partial charge in [0.1, 0.15) is 11.6 Å². The molecule has 1 aromatic carbocycles. The Morgan fingerprint density at radius 2 is 2.25 bits per heavy atom. The Balaban J connectivity index is 2.43. The molecule has 16 heavy (non-hydrogen) atoms. The highest BCUT2D eigenvalue weighted by Crippen LogP contribution is 2.15. The molecule has 1 aromatic heterocycles. The van der Waals surface area contributed by atoms with Crippen LogP contribution in [0.15, 0.2) is 30.5 Å². The maximum absolute atomic E-state index is 12.9. The lowest BCUT2D eigenvalue weighted by Crippen LogP contribution is -2.06. The SMILES string of the molecule is Cn1ncc(C(=O)c2cccc(F)c2)c1N. The predicted molar refractivity (Wildman–Crippen MR) is 57.5 cm³/mol. The summed E-state index contributed by atoms with van der Waals surface area (Å²) < 4.78 is 14.3. The molecule has 5 heteroatoms. The number of nitrogens with zero attached hydrogens (tertiary/aromatic N) is 2. The van der Waals surface area contributed by atoms with Crippen LogP contribution in [0.1, 0.15) is 15.9 Å². The number of nitrogens with two attached hydrogens (primary N) is 1. The summed E-state index contributed by atoms with van der Waals surface area (Å²) in [4.78, 5) is 11.9. The second-order valence-electron chi connectivity index (χ2n) is 3.41. The Labute approximate surface area is 91.5 Å². The van der Waals surface area contributed by atoms with E-state index >= 15 is 0 Å². The van der Waals surface area contributed by atoms with Crippen molar-refractivity contribution in [3.05, 3.63) is 47.4 Å². The number of aryl methyl sites for hydroxylation is 1. The van der Waals surface area contributed by atoms with Gasteiger partial charge in [-0.05, 0) is 12.1 Å². The van der Waals surface area contributed by atoms with Crippen LogP contribution < -0.4 is 5.73 Å². The minimum atomic E-state index is -0.451. The van der Waals surface area contributed by atoms with Crippen molar-refractivity contribution in [3.8, 4) is 0 Å². The molecule has 2 N–H and O–H groups in total. The average molecular weight is 219 g/mol. The molecule has 0 spiro atoms. The number of anilines is 1. The van der Waals surface area contributed by atoms with Gasteiger partial charge in [0.25, 0.3) is 0 Å². The maximum Gasteiger partial charge on any atom is 0.198 e. The number of ketones is 1. The van der Waals surface area contributed by atoms with Crippen molar-refractivity contribution in [2.75, 3.05) is 5.73 Å². The average Bonchev–Trinajstić information content (AvgIpc) is 2.59. The number of benzene rings is 1. The normalized spacial score (nSPS) is 10.4. The van der Waals surface area contributed by atoms with Crippen molar-refractivity contribution in [2.24, 2.45) is 7.05 Å². The van der Waals surface area contributed by atoms with Gasteiger partial charge in [0.15, 0.2) is 5.78 Å². The molecule has 0 aliphatic heterocycles. The fraction of sp³-hybridized carbons (Fsp3) is 0.0909. The second kappa shape index (κ2) is 3.77. The number of nitrogen functional groups attached to an aromatic ring is 1. The molecule has 0 saturated carbocycles. The molecule has 0 fully saturated rings. The summed E-state index contributed by atoms with van der Waals surface area (Å²) in [6, 6.07) is 5.48. The summed E-state index contributed by atoms with van der Waals surface area (Å²) in [5.74, 6) is -0.507. The van der Waals surface area contributed by atoms with Gasteiger partial charge in [0.05, 0.1) is 11.8 Å². The fourth-order valence-electron chi connectivity index (χ4n) is 1.41. The first-order valence-corrected chi connectivity index (χ1v) is 4.67. The van der Waals surface area contributed by atoms with Crippen molar-refractivity contribution >= 4 is 11.6 Å². The minimum absolute atomic E-state index is 0.264. The summed E-state index contributed by atoms with van der Waals surface area (Å²) in [6.45, 7) is 0. The van der Waals surface area contributed by atoms with Crippen LogP contribution in [0.3, 0.4) is 0 Å². The molecule has 0 radical (unpaired) electrons. The topological polar surface area (TPSA) is 60.9 Å². The van der Waals surface area contributed by atoms with E-state index in [1.54, 1.807) is 7.05 Å². The van der Waals surface area contributed by atoms with Crippen molar-refractivity contribution in [1.29, 1.82) is 0 Å². The van der Waals surface area contributed by atoms with Gasteiger partial charge in [0.2, 0.25) is 0 Å². The van der Waals surface area contributed by atoms with Crippen LogP contribution in [0.25, 0.3) is 0 Å². The third-order valence-electron chi connectivity index (χ3n) is 2.32. The second-order valence-corrected chi connectivity index (χ2v) is 3.41. The molecule has 0 saturated heterocycles. The van der Waals surface area contributed by atoms with Gasteiger partial charge in [0, 0.05) is 12.6 Å². The van der Waals surface area contributed by atoms with Crippen molar-refractivity contribution < 1.29 is 9.18 Å². The third kappa shape index (κ3) is 1.67. The van der Waals surface area contributed by atoms with Gasteiger partial charge < -0.3 is 5.73 Å². The molecule has 0 amide bonds. The molecule has 2 rings (SSSR count). The fourth-order valence-corrected chi connectivity index (χ4v) is 1.41. The van der Waals surface area contributed by atoms with Gasteiger partial charge in [-0.3, -0.25) is 9.48 Å². The Kier molecular flexibility index (Phi) is 2.44. The Morgan fingerprint density at radius 1 is 1.50 bits per heavy atom. The molecule has 82 valence electrons. The largest absolute Gasteiger partial charge is 0.383 e. The lowest BCUT2D eigenvalue weighted by atomic mass is 10.1. The Bertz CT molecular complexity index is 548. The highest BCUT2D eigenvalue weighted by Gasteiger charge is 2.15. The van der Waals surface area contributed by atoms with Crippen LogP contribution in [-0.2, 0) is 7.05 Å². The van der Waals surface area contributed by atoms with Gasteiger partial charge in [-0.15, -0.1) is 0 Å². The van der Waals surface area contributed by atoms with Gasteiger partial charge in [-0.1, -0.05) is 12.1 Å². The zero-order chi connectivity index (χ0) is 11.7. The summed E-state index contributed by atoms with van der Waals surface area (Å²) in [5, 5.41) is 3.86. The van der Waals surface area contributed by atoms with E-state index in [0.717, 1.165) is 0 Å². The molecular weight excluding hydrogens is 209 g/mol. The summed E-state index contributed by atoms with van der Waals surface area (Å²) in [7, 11) is 1.64. The van der Waals surface area contributed by atoms with Crippen LogP contribution in [0.4, 0.5) is 10.2 Å². The summed E-state index contributed by atoms with van der Waals surface area (Å²) >= 11 is 0. The quantitative estimate of drug-likeness (QED) is 0.776. The third-order valence-corrected chi connectivity index (χ3v) is 2.32. The van der Waals surface area contributed by atoms with Crippen LogP contribution in [0, 0.1) is 5.82 Å². The standard InChI is InChI=1S/C11H10FN3O/c1-15-11(13)9(6-14-15)10(16)7-3-2-4-8(12)5-7/h2-6H,13H2,1H3. The van der Waals surface area contributed by atoms with Crippen LogP contribution >= 0.6 is 0 Å². The first-order chi connectivity index (χ1) is 7.59. The van der Waals surface area contributed by atoms with Crippen LogP contribution in [0.5, 0.6) is 0 Å². The Hall–Kier alpha value is -2.17. The van der Waals surface area contributed by atoms with Crippen molar-refractivity contribution in [1.82, 2.24) is 9.78 Å². The monoisotopic (exact) mass is 219 g/mol. The highest BCUT2D eigenvalue weighted by molar-refractivity contribution is 6.11. The summed E-state index contributed by atoms with van der Waals surface area (Å²) in [5.41, 5.74) is 6.21. The molecule has 2 aromatic rings. The van der Waals surface area contributed by atoms with Gasteiger partial charge in [-0.2, -0.15) is 5.10 Å². The first kappa shape index (κ1) is 10.4. The number of carbonyl (C=O) groups excluding carboxylic acids is 1. The van der Waals surface area contributed by atoms with Crippen molar-refractivity contribution in [2.45, 2.75) is 0 Å². The van der Waals surface area contributed by atoms with E-state index in [9.17, 15) is 9.18 Å². The molecule has 0 atom stereocenters. The predicted octanol–water partition coefficient (Wildman–Crippen LogP) is 1.37. The zero-order valence-electron chi connectivity index (χ0n) is 8.64. The highest BCUT2D eigenvalue weighted by atomic mass is 19.1. The van der Waals surface area contributed by atoms with E-state index in [-0.39, 0.29) is 22.7 Å². The van der Waals surface area contributed by atoms with E-state index in [1.165, 1.54) is 35.1 Å². The Morgan fingerprint density at radius 3 is 2.81 bits per heavy atom. The maximum atomic E-state index is 12.9. The number of rotatable bonds is 2. The number of aromatic nitrogens is 2. The lowest BCUT2D eigenvalue weighted by Gasteiger charge is -2.00. The van der Waals surface area contributed by atoms with Gasteiger partial charge >= 0.3 is 0 Å². The minimum Gasteiger partial charge on any atom is -0.383 e. The molecule has 0 bridgehead atoms. The van der Waals surface area contributed by atoms with Gasteiger partial charge in [-0.25, -0.2) is 4.39 Å².